The summed E-state index contributed by atoms with van der Waals surface area (Å²) < 4.78 is 0. The zero-order valence-corrected chi connectivity index (χ0v) is 12.7. The minimum atomic E-state index is -0.370. The molecule has 3 nitrogen and oxygen atoms in total. The van der Waals surface area contributed by atoms with Gasteiger partial charge in [-0.15, -0.1) is 0 Å². The van der Waals surface area contributed by atoms with Crippen LogP contribution in [-0.2, 0) is 0 Å². The quantitative estimate of drug-likeness (QED) is 0.789. The number of hydrogen-bond acceptors (Lipinski definition) is 3. The Morgan fingerprint density at radius 3 is 2.33 bits per heavy atom. The van der Waals surface area contributed by atoms with Gasteiger partial charge in [0.25, 0.3) is 0 Å². The molecular weight excluding hydrogens is 222 g/mol. The molecule has 0 amide bonds. The molecular formula is C15H29N3. The molecule has 1 aliphatic heterocycles. The molecule has 3 unspecified atom stereocenters. The second-order valence-corrected chi connectivity index (χ2v) is 6.56. The predicted molar refractivity (Wildman–Crippen MR) is 76.3 cm³/mol. The van der Waals surface area contributed by atoms with Crippen LogP contribution in [0.4, 0.5) is 0 Å². The topological polar surface area (TPSA) is 39.1 Å². The molecule has 0 aromatic rings. The van der Waals surface area contributed by atoms with Crippen LogP contribution >= 0.6 is 0 Å². The fourth-order valence-corrected chi connectivity index (χ4v) is 2.89. The van der Waals surface area contributed by atoms with E-state index in [2.05, 4.69) is 44.0 Å². The van der Waals surface area contributed by atoms with Crippen molar-refractivity contribution in [3.05, 3.63) is 0 Å². The Morgan fingerprint density at radius 2 is 1.89 bits per heavy atom. The van der Waals surface area contributed by atoms with Crippen LogP contribution in [0.25, 0.3) is 0 Å². The lowest BCUT2D eigenvalue weighted by atomic mass is 9.96. The molecule has 104 valence electrons. The first-order valence-electron chi connectivity index (χ1n) is 7.27. The van der Waals surface area contributed by atoms with Crippen LogP contribution < -0.4 is 5.32 Å². The summed E-state index contributed by atoms with van der Waals surface area (Å²) in [5.41, 5.74) is -0.370. The fourth-order valence-electron chi connectivity index (χ4n) is 2.89. The number of likely N-dealkylation sites (tertiary alicyclic amines) is 1. The van der Waals surface area contributed by atoms with Gasteiger partial charge in [-0.3, -0.25) is 5.32 Å². The van der Waals surface area contributed by atoms with E-state index >= 15 is 0 Å². The van der Waals surface area contributed by atoms with Crippen molar-refractivity contribution in [3.8, 4) is 6.07 Å². The van der Waals surface area contributed by atoms with Gasteiger partial charge in [0.2, 0.25) is 0 Å². The molecule has 1 aliphatic rings. The van der Waals surface area contributed by atoms with Gasteiger partial charge in [-0.05, 0) is 52.0 Å². The molecule has 18 heavy (non-hydrogen) atoms. The molecule has 0 aromatic carbocycles. The summed E-state index contributed by atoms with van der Waals surface area (Å²) in [7, 11) is 0. The van der Waals surface area contributed by atoms with Crippen molar-refractivity contribution in [1.82, 2.24) is 10.2 Å². The average Bonchev–Trinajstić information content (AvgIpc) is 2.57. The normalized spacial score (nSPS) is 28.3. The van der Waals surface area contributed by atoms with E-state index in [4.69, 9.17) is 0 Å². The third-order valence-corrected chi connectivity index (χ3v) is 4.07. The standard InChI is InChI=1S/C15H29N3/c1-12(2)17-15(5,11-16)7-6-8-18-9-13(3)14(4)10-18/h12-14,17H,6-10H2,1-5H3. The fraction of sp³-hybridized carbons (Fsp3) is 0.933. The van der Waals surface area contributed by atoms with Crippen molar-refractivity contribution < 1.29 is 0 Å². The monoisotopic (exact) mass is 251 g/mol. The Kier molecular flexibility index (Phi) is 5.62. The first-order chi connectivity index (χ1) is 8.36. The van der Waals surface area contributed by atoms with Crippen LogP contribution in [0, 0.1) is 23.2 Å². The van der Waals surface area contributed by atoms with Gasteiger partial charge in [0, 0.05) is 19.1 Å². The second kappa shape index (κ2) is 6.54. The lowest BCUT2D eigenvalue weighted by Gasteiger charge is -2.27. The van der Waals surface area contributed by atoms with Crippen LogP contribution in [0.3, 0.4) is 0 Å². The van der Waals surface area contributed by atoms with Crippen molar-refractivity contribution in [3.63, 3.8) is 0 Å². The Balaban J connectivity index is 2.30. The highest BCUT2D eigenvalue weighted by molar-refractivity contribution is 5.04. The molecule has 3 heteroatoms. The summed E-state index contributed by atoms with van der Waals surface area (Å²) in [4.78, 5) is 2.54. The largest absolute Gasteiger partial charge is 0.303 e. The lowest BCUT2D eigenvalue weighted by Crippen LogP contribution is -2.45. The smallest absolute Gasteiger partial charge is 0.104 e. The van der Waals surface area contributed by atoms with Crippen molar-refractivity contribution in [2.45, 2.75) is 59.0 Å². The molecule has 1 fully saturated rings. The maximum Gasteiger partial charge on any atom is 0.104 e. The Labute approximate surface area is 113 Å². The lowest BCUT2D eigenvalue weighted by molar-refractivity contribution is 0.291. The molecule has 0 radical (unpaired) electrons. The molecule has 0 spiro atoms. The minimum absolute atomic E-state index is 0.362. The van der Waals surface area contributed by atoms with Gasteiger partial charge in [0.1, 0.15) is 5.54 Å². The van der Waals surface area contributed by atoms with E-state index in [0.29, 0.717) is 6.04 Å². The van der Waals surface area contributed by atoms with Crippen LogP contribution in [0.1, 0.15) is 47.5 Å². The molecule has 1 saturated heterocycles. The number of nitriles is 1. The van der Waals surface area contributed by atoms with Crippen molar-refractivity contribution in [1.29, 1.82) is 5.26 Å². The van der Waals surface area contributed by atoms with Gasteiger partial charge in [-0.25, -0.2) is 0 Å². The van der Waals surface area contributed by atoms with E-state index in [0.717, 1.165) is 31.2 Å². The zero-order valence-electron chi connectivity index (χ0n) is 12.7. The zero-order chi connectivity index (χ0) is 13.8. The summed E-state index contributed by atoms with van der Waals surface area (Å²) in [6.07, 6.45) is 2.03. The first-order valence-corrected chi connectivity index (χ1v) is 7.27. The SMILES string of the molecule is CC(C)NC(C)(C#N)CCCN1CC(C)C(C)C1. The van der Waals surface area contributed by atoms with Crippen LogP contribution in [0.2, 0.25) is 0 Å². The number of nitrogens with one attached hydrogen (secondary N) is 1. The van der Waals surface area contributed by atoms with E-state index in [1.165, 1.54) is 13.1 Å². The first kappa shape index (κ1) is 15.5. The summed E-state index contributed by atoms with van der Waals surface area (Å²) in [6.45, 7) is 14.5. The maximum atomic E-state index is 9.28. The van der Waals surface area contributed by atoms with Gasteiger partial charge in [0.15, 0.2) is 0 Å². The molecule has 1 N–H and O–H groups in total. The maximum absolute atomic E-state index is 9.28. The summed E-state index contributed by atoms with van der Waals surface area (Å²) in [5, 5.41) is 12.7. The Bertz CT molecular complexity index is 285. The summed E-state index contributed by atoms with van der Waals surface area (Å²) in [5.74, 6) is 1.64. The van der Waals surface area contributed by atoms with Crippen LogP contribution in [-0.4, -0.2) is 36.1 Å². The molecule has 0 aliphatic carbocycles. The molecule has 1 heterocycles. The van der Waals surface area contributed by atoms with Crippen molar-refractivity contribution >= 4 is 0 Å². The van der Waals surface area contributed by atoms with Crippen LogP contribution in [0.5, 0.6) is 0 Å². The van der Waals surface area contributed by atoms with Gasteiger partial charge >= 0.3 is 0 Å². The molecule has 0 saturated carbocycles. The molecule has 3 atom stereocenters. The number of rotatable bonds is 6. The van der Waals surface area contributed by atoms with Gasteiger partial charge in [-0.1, -0.05) is 13.8 Å². The van der Waals surface area contributed by atoms with Crippen molar-refractivity contribution in [2.75, 3.05) is 19.6 Å². The highest BCUT2D eigenvalue weighted by Crippen LogP contribution is 2.23. The molecule has 0 bridgehead atoms. The number of hydrogen-bond donors (Lipinski definition) is 1. The summed E-state index contributed by atoms with van der Waals surface area (Å²) >= 11 is 0. The minimum Gasteiger partial charge on any atom is -0.303 e. The highest BCUT2D eigenvalue weighted by Gasteiger charge is 2.27. The van der Waals surface area contributed by atoms with Gasteiger partial charge in [-0.2, -0.15) is 5.26 Å². The Hall–Kier alpha value is -0.590. The summed E-state index contributed by atoms with van der Waals surface area (Å²) in [6, 6.07) is 2.79. The van der Waals surface area contributed by atoms with E-state index < -0.39 is 0 Å². The van der Waals surface area contributed by atoms with E-state index in [1.54, 1.807) is 0 Å². The van der Waals surface area contributed by atoms with E-state index in [1.807, 2.05) is 6.92 Å². The predicted octanol–water partition coefficient (Wildman–Crippen LogP) is 2.63. The van der Waals surface area contributed by atoms with Crippen molar-refractivity contribution in [2.24, 2.45) is 11.8 Å². The molecule has 1 rings (SSSR count). The van der Waals surface area contributed by atoms with E-state index in [-0.39, 0.29) is 5.54 Å². The average molecular weight is 251 g/mol. The van der Waals surface area contributed by atoms with Gasteiger partial charge in [0.05, 0.1) is 6.07 Å². The number of nitrogens with zero attached hydrogens (tertiary/aromatic N) is 2. The molecule has 0 aromatic heterocycles. The van der Waals surface area contributed by atoms with Gasteiger partial charge < -0.3 is 4.90 Å². The van der Waals surface area contributed by atoms with E-state index in [9.17, 15) is 5.26 Å². The highest BCUT2D eigenvalue weighted by atomic mass is 15.1. The third-order valence-electron chi connectivity index (χ3n) is 4.07. The van der Waals surface area contributed by atoms with Crippen LogP contribution in [0.15, 0.2) is 0 Å². The second-order valence-electron chi connectivity index (χ2n) is 6.56. The Morgan fingerprint density at radius 1 is 1.33 bits per heavy atom. The third kappa shape index (κ3) is 4.59.